The number of carbonyl (C=O) groups is 1. The van der Waals surface area contributed by atoms with E-state index in [2.05, 4.69) is 22.0 Å². The van der Waals surface area contributed by atoms with Crippen molar-refractivity contribution >= 4 is 32.9 Å². The van der Waals surface area contributed by atoms with Crippen LogP contribution < -0.4 is 0 Å². The molecule has 0 unspecified atom stereocenters. The highest BCUT2D eigenvalue weighted by molar-refractivity contribution is 9.10. The van der Waals surface area contributed by atoms with E-state index in [-0.39, 0.29) is 0 Å². The van der Waals surface area contributed by atoms with Gasteiger partial charge in [-0.2, -0.15) is 5.26 Å². The SMILES string of the molecule is CC(C)(C)OC(=O)n1cc(C#N)c2c(Br)cccc21. The first-order valence-corrected chi connectivity index (χ1v) is 6.56. The summed E-state index contributed by atoms with van der Waals surface area (Å²) in [5, 5.41) is 9.87. The lowest BCUT2D eigenvalue weighted by atomic mass is 10.2. The third-order valence-electron chi connectivity index (χ3n) is 2.49. The highest BCUT2D eigenvalue weighted by atomic mass is 79.9. The quantitative estimate of drug-likeness (QED) is 0.735. The molecule has 0 saturated carbocycles. The van der Waals surface area contributed by atoms with Gasteiger partial charge >= 0.3 is 6.09 Å². The maximum atomic E-state index is 12.1. The number of nitrogens with zero attached hydrogens (tertiary/aromatic N) is 2. The Morgan fingerprint density at radius 1 is 1.42 bits per heavy atom. The number of nitriles is 1. The average molecular weight is 321 g/mol. The van der Waals surface area contributed by atoms with Crippen molar-refractivity contribution in [1.82, 2.24) is 4.57 Å². The van der Waals surface area contributed by atoms with Gasteiger partial charge in [-0.25, -0.2) is 4.79 Å². The van der Waals surface area contributed by atoms with Gasteiger partial charge < -0.3 is 4.74 Å². The Kier molecular flexibility index (Phi) is 3.38. The Hall–Kier alpha value is -1.80. The van der Waals surface area contributed by atoms with Crippen LogP contribution in [0.15, 0.2) is 28.9 Å². The predicted octanol–water partition coefficient (Wildman–Crippen LogP) is 4.06. The summed E-state index contributed by atoms with van der Waals surface area (Å²) < 4.78 is 7.48. The van der Waals surface area contributed by atoms with E-state index in [1.807, 2.05) is 12.1 Å². The molecule has 1 heterocycles. The van der Waals surface area contributed by atoms with Gasteiger partial charge in [-0.1, -0.05) is 22.0 Å². The summed E-state index contributed by atoms with van der Waals surface area (Å²) in [6.07, 6.45) is 1.01. The maximum absolute atomic E-state index is 12.1. The van der Waals surface area contributed by atoms with Gasteiger partial charge in [0.05, 0.1) is 11.1 Å². The Bertz CT molecular complexity index is 690. The second-order valence-corrected chi connectivity index (χ2v) is 5.99. The zero-order chi connectivity index (χ0) is 14.2. The van der Waals surface area contributed by atoms with Crippen LogP contribution >= 0.6 is 15.9 Å². The molecule has 2 aromatic rings. The minimum atomic E-state index is -0.577. The molecule has 0 bridgehead atoms. The molecule has 0 fully saturated rings. The van der Waals surface area contributed by atoms with Crippen molar-refractivity contribution in [3.05, 3.63) is 34.4 Å². The molecule has 1 aromatic heterocycles. The summed E-state index contributed by atoms with van der Waals surface area (Å²) >= 11 is 3.40. The normalized spacial score (nSPS) is 11.3. The van der Waals surface area contributed by atoms with Crippen LogP contribution in [0.1, 0.15) is 26.3 Å². The Labute approximate surface area is 119 Å². The van der Waals surface area contributed by atoms with Crippen LogP contribution in [0.5, 0.6) is 0 Å². The number of carbonyl (C=O) groups excluding carboxylic acids is 1. The highest BCUT2D eigenvalue weighted by Gasteiger charge is 2.21. The summed E-state index contributed by atoms with van der Waals surface area (Å²) in [7, 11) is 0. The van der Waals surface area contributed by atoms with Gasteiger partial charge in [-0.3, -0.25) is 4.57 Å². The molecule has 0 atom stereocenters. The van der Waals surface area contributed by atoms with Crippen molar-refractivity contribution in [2.24, 2.45) is 0 Å². The van der Waals surface area contributed by atoms with Crippen molar-refractivity contribution < 1.29 is 9.53 Å². The Balaban J connectivity index is 2.60. The van der Waals surface area contributed by atoms with E-state index in [4.69, 9.17) is 10.00 Å². The highest BCUT2D eigenvalue weighted by Crippen LogP contribution is 2.29. The molecular weight excluding hydrogens is 308 g/mol. The van der Waals surface area contributed by atoms with E-state index in [1.54, 1.807) is 26.8 Å². The number of aromatic nitrogens is 1. The fourth-order valence-corrected chi connectivity index (χ4v) is 2.36. The third kappa shape index (κ3) is 2.64. The maximum Gasteiger partial charge on any atom is 0.419 e. The van der Waals surface area contributed by atoms with Gasteiger partial charge in [-0.05, 0) is 32.9 Å². The minimum Gasteiger partial charge on any atom is -0.443 e. The molecule has 2 rings (SSSR count). The lowest BCUT2D eigenvalue weighted by molar-refractivity contribution is 0.0544. The second-order valence-electron chi connectivity index (χ2n) is 5.14. The number of benzene rings is 1. The van der Waals surface area contributed by atoms with E-state index in [1.165, 1.54) is 10.8 Å². The summed E-state index contributed by atoms with van der Waals surface area (Å²) in [5.74, 6) is 0. The van der Waals surface area contributed by atoms with E-state index in [9.17, 15) is 4.79 Å². The molecule has 5 heteroatoms. The third-order valence-corrected chi connectivity index (χ3v) is 3.15. The zero-order valence-corrected chi connectivity index (χ0v) is 12.5. The van der Waals surface area contributed by atoms with Crippen LogP contribution in [0.4, 0.5) is 4.79 Å². The summed E-state index contributed by atoms with van der Waals surface area (Å²) in [4.78, 5) is 12.1. The molecule has 4 nitrogen and oxygen atoms in total. The van der Waals surface area contributed by atoms with Gasteiger partial charge in [0, 0.05) is 16.1 Å². The average Bonchev–Trinajstić information content (AvgIpc) is 2.67. The molecule has 0 aliphatic rings. The van der Waals surface area contributed by atoms with E-state index in [0.29, 0.717) is 11.1 Å². The Morgan fingerprint density at radius 3 is 2.68 bits per heavy atom. The van der Waals surface area contributed by atoms with Gasteiger partial charge in [0.1, 0.15) is 11.7 Å². The second kappa shape index (κ2) is 4.71. The Morgan fingerprint density at radius 2 is 2.11 bits per heavy atom. The number of rotatable bonds is 0. The van der Waals surface area contributed by atoms with Crippen molar-refractivity contribution in [2.75, 3.05) is 0 Å². The van der Waals surface area contributed by atoms with Crippen molar-refractivity contribution in [3.63, 3.8) is 0 Å². The number of hydrogen-bond acceptors (Lipinski definition) is 3. The van der Waals surface area contributed by atoms with Crippen LogP contribution in [0.2, 0.25) is 0 Å². The van der Waals surface area contributed by atoms with Crippen LogP contribution in [0, 0.1) is 11.3 Å². The topological polar surface area (TPSA) is 55.0 Å². The molecule has 0 aliphatic heterocycles. The van der Waals surface area contributed by atoms with Gasteiger partial charge in [0.25, 0.3) is 0 Å². The first kappa shape index (κ1) is 13.6. The molecule has 0 N–H and O–H groups in total. The molecule has 0 aliphatic carbocycles. The van der Waals surface area contributed by atoms with Gasteiger partial charge in [0.2, 0.25) is 0 Å². The standard InChI is InChI=1S/C14H13BrN2O2/c1-14(2,3)19-13(18)17-8-9(7-16)12-10(15)5-4-6-11(12)17/h4-6,8H,1-3H3. The van der Waals surface area contributed by atoms with Gasteiger partial charge in [-0.15, -0.1) is 0 Å². The lowest BCUT2D eigenvalue weighted by Crippen LogP contribution is -2.26. The first-order chi connectivity index (χ1) is 8.83. The molecule has 19 heavy (non-hydrogen) atoms. The summed E-state index contributed by atoms with van der Waals surface area (Å²) in [6, 6.07) is 7.52. The first-order valence-electron chi connectivity index (χ1n) is 5.76. The van der Waals surface area contributed by atoms with E-state index in [0.717, 1.165) is 9.86 Å². The molecule has 0 radical (unpaired) electrons. The molecule has 1 aromatic carbocycles. The summed E-state index contributed by atoms with van der Waals surface area (Å²) in [5.41, 5.74) is 0.514. The number of hydrogen-bond donors (Lipinski definition) is 0. The van der Waals surface area contributed by atoms with Crippen LogP contribution in [-0.4, -0.2) is 16.3 Å². The monoisotopic (exact) mass is 320 g/mol. The van der Waals surface area contributed by atoms with Crippen molar-refractivity contribution in [2.45, 2.75) is 26.4 Å². The lowest BCUT2D eigenvalue weighted by Gasteiger charge is -2.19. The molecule has 0 amide bonds. The van der Waals surface area contributed by atoms with E-state index >= 15 is 0 Å². The fraction of sp³-hybridized carbons (Fsp3) is 0.286. The molecular formula is C14H13BrN2O2. The van der Waals surface area contributed by atoms with Crippen LogP contribution in [0.3, 0.4) is 0 Å². The van der Waals surface area contributed by atoms with Crippen molar-refractivity contribution in [3.8, 4) is 6.07 Å². The number of halogens is 1. The van der Waals surface area contributed by atoms with Crippen LogP contribution in [-0.2, 0) is 4.74 Å². The number of ether oxygens (including phenoxy) is 1. The molecule has 98 valence electrons. The van der Waals surface area contributed by atoms with Crippen molar-refractivity contribution in [1.29, 1.82) is 5.26 Å². The van der Waals surface area contributed by atoms with E-state index < -0.39 is 11.7 Å². The molecule has 0 saturated heterocycles. The minimum absolute atomic E-state index is 0.438. The zero-order valence-electron chi connectivity index (χ0n) is 10.9. The largest absolute Gasteiger partial charge is 0.443 e. The summed E-state index contributed by atoms with van der Waals surface area (Å²) in [6.45, 7) is 5.41. The number of fused-ring (bicyclic) bond motifs is 1. The predicted molar refractivity (Wildman–Crippen MR) is 76.0 cm³/mol. The smallest absolute Gasteiger partial charge is 0.419 e. The molecule has 0 spiro atoms. The van der Waals surface area contributed by atoms with Crippen LogP contribution in [0.25, 0.3) is 10.9 Å². The fourth-order valence-electron chi connectivity index (χ4n) is 1.79. The van der Waals surface area contributed by atoms with Gasteiger partial charge in [0.15, 0.2) is 0 Å².